The van der Waals surface area contributed by atoms with Crippen LogP contribution in [0.15, 0.2) is 24.3 Å². The van der Waals surface area contributed by atoms with Gasteiger partial charge in [-0.2, -0.15) is 0 Å². The average molecular weight is 239 g/mol. The van der Waals surface area contributed by atoms with Crippen molar-refractivity contribution in [1.29, 1.82) is 0 Å². The molecule has 3 heteroatoms. The molecule has 0 aliphatic carbocycles. The largest absolute Gasteiger partial charge is 0.316 e. The summed E-state index contributed by atoms with van der Waals surface area (Å²) in [7, 11) is 0. The van der Waals surface area contributed by atoms with Gasteiger partial charge in [-0.1, -0.05) is 29.8 Å². The summed E-state index contributed by atoms with van der Waals surface area (Å²) in [4.78, 5) is 0. The lowest BCUT2D eigenvalue weighted by atomic mass is 9.90. The van der Waals surface area contributed by atoms with Gasteiger partial charge in [0.25, 0.3) is 5.92 Å². The number of nitrogens with one attached hydrogen (secondary N) is 1. The van der Waals surface area contributed by atoms with Crippen molar-refractivity contribution in [2.24, 2.45) is 5.92 Å². The van der Waals surface area contributed by atoms with Crippen molar-refractivity contribution >= 4 is 0 Å². The SMILES string of the molecule is Cc1cccc(C(F)(F)CC2CCCNC2)c1. The van der Waals surface area contributed by atoms with Crippen LogP contribution in [0.2, 0.25) is 0 Å². The Balaban J connectivity index is 2.06. The van der Waals surface area contributed by atoms with E-state index in [1.807, 2.05) is 13.0 Å². The van der Waals surface area contributed by atoms with E-state index in [4.69, 9.17) is 0 Å². The number of hydrogen-bond acceptors (Lipinski definition) is 1. The molecule has 1 nitrogen and oxygen atoms in total. The molecule has 1 aromatic rings. The van der Waals surface area contributed by atoms with Crippen LogP contribution in [0, 0.1) is 12.8 Å². The van der Waals surface area contributed by atoms with Gasteiger partial charge in [-0.3, -0.25) is 0 Å². The molecule has 0 radical (unpaired) electrons. The molecular formula is C14H19F2N. The third-order valence-corrected chi connectivity index (χ3v) is 3.38. The molecule has 94 valence electrons. The fourth-order valence-electron chi connectivity index (χ4n) is 2.45. The van der Waals surface area contributed by atoms with Gasteiger partial charge < -0.3 is 5.32 Å². The van der Waals surface area contributed by atoms with Crippen LogP contribution in [-0.2, 0) is 5.92 Å². The Morgan fingerprint density at radius 3 is 2.88 bits per heavy atom. The van der Waals surface area contributed by atoms with E-state index in [1.54, 1.807) is 12.1 Å². The lowest BCUT2D eigenvalue weighted by Crippen LogP contribution is -2.33. The minimum absolute atomic E-state index is 0.0382. The third-order valence-electron chi connectivity index (χ3n) is 3.38. The number of piperidine rings is 1. The number of halogens is 2. The first-order valence-electron chi connectivity index (χ1n) is 6.23. The zero-order valence-electron chi connectivity index (χ0n) is 10.2. The summed E-state index contributed by atoms with van der Waals surface area (Å²) >= 11 is 0. The molecule has 0 aromatic heterocycles. The van der Waals surface area contributed by atoms with Crippen LogP contribution in [0.4, 0.5) is 8.78 Å². The summed E-state index contributed by atoms with van der Waals surface area (Å²) in [5.41, 5.74) is 1.05. The second-order valence-corrected chi connectivity index (χ2v) is 4.99. The van der Waals surface area contributed by atoms with E-state index >= 15 is 0 Å². The van der Waals surface area contributed by atoms with Crippen LogP contribution < -0.4 is 5.32 Å². The molecule has 1 fully saturated rings. The Kier molecular flexibility index (Phi) is 3.77. The van der Waals surface area contributed by atoms with E-state index in [9.17, 15) is 8.78 Å². The van der Waals surface area contributed by atoms with Crippen molar-refractivity contribution in [2.75, 3.05) is 13.1 Å². The molecule has 1 saturated heterocycles. The Morgan fingerprint density at radius 2 is 2.24 bits per heavy atom. The smallest absolute Gasteiger partial charge is 0.273 e. The fourth-order valence-corrected chi connectivity index (χ4v) is 2.45. The highest BCUT2D eigenvalue weighted by Gasteiger charge is 2.35. The Bertz CT molecular complexity index is 370. The molecule has 0 spiro atoms. The Hall–Kier alpha value is -0.960. The fraction of sp³-hybridized carbons (Fsp3) is 0.571. The molecule has 17 heavy (non-hydrogen) atoms. The minimum Gasteiger partial charge on any atom is -0.316 e. The lowest BCUT2D eigenvalue weighted by Gasteiger charge is -2.27. The van der Waals surface area contributed by atoms with Gasteiger partial charge in [0, 0.05) is 12.0 Å². The van der Waals surface area contributed by atoms with Crippen molar-refractivity contribution in [3.8, 4) is 0 Å². The maximum atomic E-state index is 14.1. The highest BCUT2D eigenvalue weighted by Crippen LogP contribution is 2.36. The molecule has 1 atom stereocenters. The van der Waals surface area contributed by atoms with Crippen LogP contribution in [0.25, 0.3) is 0 Å². The first-order valence-corrected chi connectivity index (χ1v) is 6.23. The van der Waals surface area contributed by atoms with Crippen LogP contribution in [0.1, 0.15) is 30.4 Å². The van der Waals surface area contributed by atoms with Gasteiger partial charge >= 0.3 is 0 Å². The normalized spacial score (nSPS) is 21.5. The summed E-state index contributed by atoms with van der Waals surface area (Å²) in [6.45, 7) is 3.54. The number of aryl methyl sites for hydroxylation is 1. The van der Waals surface area contributed by atoms with E-state index < -0.39 is 5.92 Å². The van der Waals surface area contributed by atoms with Gasteiger partial charge in [-0.15, -0.1) is 0 Å². The molecule has 2 rings (SSSR count). The summed E-state index contributed by atoms with van der Waals surface area (Å²) in [5.74, 6) is -2.60. The number of benzene rings is 1. The highest BCUT2D eigenvalue weighted by molar-refractivity contribution is 5.26. The minimum atomic E-state index is -2.70. The predicted octanol–water partition coefficient (Wildman–Crippen LogP) is 3.48. The summed E-state index contributed by atoms with van der Waals surface area (Å²) < 4.78 is 28.2. The van der Waals surface area contributed by atoms with Crippen LogP contribution >= 0.6 is 0 Å². The van der Waals surface area contributed by atoms with Crippen molar-refractivity contribution in [1.82, 2.24) is 5.32 Å². The van der Waals surface area contributed by atoms with Gasteiger partial charge in [0.05, 0.1) is 0 Å². The Morgan fingerprint density at radius 1 is 1.41 bits per heavy atom. The first kappa shape index (κ1) is 12.5. The molecule has 0 bridgehead atoms. The zero-order valence-corrected chi connectivity index (χ0v) is 10.2. The van der Waals surface area contributed by atoms with Crippen LogP contribution in [-0.4, -0.2) is 13.1 Å². The average Bonchev–Trinajstić information content (AvgIpc) is 2.30. The van der Waals surface area contributed by atoms with E-state index in [0.29, 0.717) is 0 Å². The maximum Gasteiger partial charge on any atom is 0.273 e. The second-order valence-electron chi connectivity index (χ2n) is 4.99. The van der Waals surface area contributed by atoms with Crippen molar-refractivity contribution in [3.05, 3.63) is 35.4 Å². The molecule has 1 aliphatic heterocycles. The third kappa shape index (κ3) is 3.25. The van der Waals surface area contributed by atoms with Gasteiger partial charge in [-0.05, 0) is 38.8 Å². The van der Waals surface area contributed by atoms with Crippen molar-refractivity contribution in [2.45, 2.75) is 32.1 Å². The molecular weight excluding hydrogens is 220 g/mol. The van der Waals surface area contributed by atoms with Gasteiger partial charge in [0.1, 0.15) is 0 Å². The van der Waals surface area contributed by atoms with E-state index in [2.05, 4.69) is 5.32 Å². The van der Waals surface area contributed by atoms with Gasteiger partial charge in [0.15, 0.2) is 0 Å². The molecule has 0 amide bonds. The van der Waals surface area contributed by atoms with E-state index in [1.165, 1.54) is 6.07 Å². The monoisotopic (exact) mass is 239 g/mol. The first-order chi connectivity index (χ1) is 8.08. The molecule has 0 saturated carbocycles. The van der Waals surface area contributed by atoms with Crippen LogP contribution in [0.5, 0.6) is 0 Å². The predicted molar refractivity (Wildman–Crippen MR) is 65.3 cm³/mol. The number of alkyl halides is 2. The molecule has 1 aliphatic rings. The number of hydrogen-bond donors (Lipinski definition) is 1. The summed E-state index contributed by atoms with van der Waals surface area (Å²) in [6.07, 6.45) is 1.88. The van der Waals surface area contributed by atoms with E-state index in [0.717, 1.165) is 31.5 Å². The van der Waals surface area contributed by atoms with Crippen LogP contribution in [0.3, 0.4) is 0 Å². The second kappa shape index (κ2) is 5.13. The Labute approximate surface area is 101 Å². The lowest BCUT2D eigenvalue weighted by molar-refractivity contribution is -0.0318. The van der Waals surface area contributed by atoms with Crippen molar-refractivity contribution in [3.63, 3.8) is 0 Å². The quantitative estimate of drug-likeness (QED) is 0.851. The van der Waals surface area contributed by atoms with Gasteiger partial charge in [-0.25, -0.2) is 8.78 Å². The molecule has 1 unspecified atom stereocenters. The zero-order chi connectivity index (χ0) is 12.3. The molecule has 1 aromatic carbocycles. The summed E-state index contributed by atoms with van der Waals surface area (Å²) in [5, 5.41) is 3.19. The van der Waals surface area contributed by atoms with Gasteiger partial charge in [0.2, 0.25) is 0 Å². The summed E-state index contributed by atoms with van der Waals surface area (Å²) in [6, 6.07) is 6.68. The molecule has 1 heterocycles. The highest BCUT2D eigenvalue weighted by atomic mass is 19.3. The maximum absolute atomic E-state index is 14.1. The van der Waals surface area contributed by atoms with E-state index in [-0.39, 0.29) is 17.9 Å². The standard InChI is InChI=1S/C14H19F2N/c1-11-4-2-6-13(8-11)14(15,16)9-12-5-3-7-17-10-12/h2,4,6,8,12,17H,3,5,7,9-10H2,1H3. The number of rotatable bonds is 3. The van der Waals surface area contributed by atoms with Crippen molar-refractivity contribution < 1.29 is 8.78 Å². The molecule has 1 N–H and O–H groups in total. The topological polar surface area (TPSA) is 12.0 Å².